The second-order valence-corrected chi connectivity index (χ2v) is 5.12. The molecule has 1 aliphatic carbocycles. The van der Waals surface area contributed by atoms with Crippen LogP contribution in [-0.4, -0.2) is 17.6 Å². The highest BCUT2D eigenvalue weighted by molar-refractivity contribution is 5.60. The van der Waals surface area contributed by atoms with E-state index in [4.69, 9.17) is 10.2 Å². The molecule has 1 saturated carbocycles. The second-order valence-electron chi connectivity index (χ2n) is 5.12. The van der Waals surface area contributed by atoms with Crippen LogP contribution in [0.3, 0.4) is 0 Å². The van der Waals surface area contributed by atoms with Crippen molar-refractivity contribution < 1.29 is 4.42 Å². The molecule has 1 aliphatic rings. The predicted molar refractivity (Wildman–Crippen MR) is 75.7 cm³/mol. The molecule has 2 unspecified atom stereocenters. The van der Waals surface area contributed by atoms with Crippen molar-refractivity contribution in [1.82, 2.24) is 4.98 Å². The monoisotopic (exact) mass is 257 g/mol. The highest BCUT2D eigenvalue weighted by atomic mass is 16.3. The van der Waals surface area contributed by atoms with Crippen LogP contribution in [0, 0.1) is 5.92 Å². The normalized spacial score (nSPS) is 22.6. The van der Waals surface area contributed by atoms with Crippen LogP contribution in [0.1, 0.15) is 19.3 Å². The molecule has 2 atom stereocenters. The van der Waals surface area contributed by atoms with Crippen molar-refractivity contribution in [2.45, 2.75) is 25.3 Å². The maximum atomic E-state index is 5.81. The number of rotatable bonds is 4. The Hall–Kier alpha value is -1.81. The Bertz CT molecular complexity index is 507. The molecule has 2 aromatic rings. The molecule has 1 aromatic carbocycles. The van der Waals surface area contributed by atoms with Gasteiger partial charge in [0.2, 0.25) is 0 Å². The summed E-state index contributed by atoms with van der Waals surface area (Å²) in [6.07, 6.45) is 6.90. The summed E-state index contributed by atoms with van der Waals surface area (Å²) in [6, 6.07) is 8.79. The van der Waals surface area contributed by atoms with Gasteiger partial charge in [0.05, 0.1) is 6.20 Å². The van der Waals surface area contributed by atoms with E-state index >= 15 is 0 Å². The minimum atomic E-state index is 0.515. The second kappa shape index (κ2) is 5.45. The van der Waals surface area contributed by atoms with Crippen molar-refractivity contribution >= 4 is 5.69 Å². The van der Waals surface area contributed by atoms with Gasteiger partial charge in [0.25, 0.3) is 0 Å². The van der Waals surface area contributed by atoms with Crippen LogP contribution in [-0.2, 0) is 0 Å². The first kappa shape index (κ1) is 12.2. The fraction of sp³-hybridized carbons (Fsp3) is 0.400. The van der Waals surface area contributed by atoms with Gasteiger partial charge in [-0.1, -0.05) is 6.42 Å². The molecule has 1 heterocycles. The summed E-state index contributed by atoms with van der Waals surface area (Å²) in [6.45, 7) is 0.772. The zero-order chi connectivity index (χ0) is 13.1. The third kappa shape index (κ3) is 2.63. The minimum Gasteiger partial charge on any atom is -0.444 e. The number of oxazole rings is 1. The van der Waals surface area contributed by atoms with E-state index in [1.807, 2.05) is 0 Å². The molecular formula is C15H19N3O. The maximum absolute atomic E-state index is 5.81. The van der Waals surface area contributed by atoms with Crippen molar-refractivity contribution in [2.24, 2.45) is 11.7 Å². The fourth-order valence-electron chi connectivity index (χ4n) is 2.81. The Morgan fingerprint density at radius 1 is 1.26 bits per heavy atom. The highest BCUT2D eigenvalue weighted by Gasteiger charge is 2.25. The van der Waals surface area contributed by atoms with E-state index in [1.165, 1.54) is 25.7 Å². The van der Waals surface area contributed by atoms with E-state index in [-0.39, 0.29) is 0 Å². The quantitative estimate of drug-likeness (QED) is 0.884. The van der Waals surface area contributed by atoms with Crippen LogP contribution in [0.25, 0.3) is 11.3 Å². The van der Waals surface area contributed by atoms with Crippen LogP contribution >= 0.6 is 0 Å². The zero-order valence-corrected chi connectivity index (χ0v) is 10.9. The van der Waals surface area contributed by atoms with Crippen molar-refractivity contribution in [3.05, 3.63) is 36.9 Å². The molecule has 19 heavy (non-hydrogen) atoms. The molecule has 1 aromatic heterocycles. The lowest BCUT2D eigenvalue weighted by molar-refractivity contribution is 0.516. The van der Waals surface area contributed by atoms with Gasteiger partial charge in [-0.3, -0.25) is 0 Å². The molecular weight excluding hydrogens is 238 g/mol. The standard InChI is InChI=1S/C15H19N3O/c16-8-12-2-1-3-14(12)18-13-6-4-11(5-7-13)15-9-17-10-19-15/h4-7,9-10,12,14,18H,1-3,8,16H2. The van der Waals surface area contributed by atoms with Gasteiger partial charge in [0, 0.05) is 17.3 Å². The van der Waals surface area contributed by atoms with Crippen molar-refractivity contribution in [2.75, 3.05) is 11.9 Å². The summed E-state index contributed by atoms with van der Waals surface area (Å²) < 4.78 is 5.28. The Morgan fingerprint density at radius 3 is 2.79 bits per heavy atom. The lowest BCUT2D eigenvalue weighted by atomic mass is 10.0. The predicted octanol–water partition coefficient (Wildman–Crippen LogP) is 2.88. The summed E-state index contributed by atoms with van der Waals surface area (Å²) in [7, 11) is 0. The van der Waals surface area contributed by atoms with Crippen molar-refractivity contribution in [1.29, 1.82) is 0 Å². The summed E-state index contributed by atoms with van der Waals surface area (Å²) in [5.74, 6) is 1.40. The number of aromatic nitrogens is 1. The molecule has 0 saturated heterocycles. The molecule has 100 valence electrons. The van der Waals surface area contributed by atoms with E-state index in [9.17, 15) is 0 Å². The van der Waals surface area contributed by atoms with Crippen LogP contribution in [0.5, 0.6) is 0 Å². The zero-order valence-electron chi connectivity index (χ0n) is 10.9. The third-order valence-electron chi connectivity index (χ3n) is 3.92. The van der Waals surface area contributed by atoms with Gasteiger partial charge in [-0.05, 0) is 49.6 Å². The van der Waals surface area contributed by atoms with E-state index < -0.39 is 0 Å². The summed E-state index contributed by atoms with van der Waals surface area (Å²) >= 11 is 0. The fourth-order valence-corrected chi connectivity index (χ4v) is 2.81. The molecule has 0 amide bonds. The lowest BCUT2D eigenvalue weighted by Gasteiger charge is -2.20. The van der Waals surface area contributed by atoms with E-state index in [0.29, 0.717) is 12.0 Å². The van der Waals surface area contributed by atoms with E-state index in [1.54, 1.807) is 6.20 Å². The van der Waals surface area contributed by atoms with Gasteiger partial charge in [-0.15, -0.1) is 0 Å². The first-order valence-electron chi connectivity index (χ1n) is 6.82. The van der Waals surface area contributed by atoms with Crippen LogP contribution in [0.2, 0.25) is 0 Å². The van der Waals surface area contributed by atoms with Gasteiger partial charge < -0.3 is 15.5 Å². The molecule has 3 rings (SSSR count). The Labute approximate surface area is 113 Å². The van der Waals surface area contributed by atoms with Gasteiger partial charge >= 0.3 is 0 Å². The Balaban J connectivity index is 1.69. The topological polar surface area (TPSA) is 64.1 Å². The average molecular weight is 257 g/mol. The van der Waals surface area contributed by atoms with E-state index in [2.05, 4.69) is 34.6 Å². The molecule has 4 nitrogen and oxygen atoms in total. The average Bonchev–Trinajstić information content (AvgIpc) is 3.10. The smallest absolute Gasteiger partial charge is 0.181 e. The number of anilines is 1. The lowest BCUT2D eigenvalue weighted by Crippen LogP contribution is -2.29. The maximum Gasteiger partial charge on any atom is 0.181 e. The largest absolute Gasteiger partial charge is 0.444 e. The molecule has 1 fully saturated rings. The number of hydrogen-bond acceptors (Lipinski definition) is 4. The molecule has 0 radical (unpaired) electrons. The molecule has 3 N–H and O–H groups in total. The number of benzene rings is 1. The third-order valence-corrected chi connectivity index (χ3v) is 3.92. The summed E-state index contributed by atoms with van der Waals surface area (Å²) in [4.78, 5) is 3.93. The van der Waals surface area contributed by atoms with Crippen LogP contribution in [0.15, 0.2) is 41.3 Å². The highest BCUT2D eigenvalue weighted by Crippen LogP contribution is 2.28. The number of hydrogen-bond donors (Lipinski definition) is 2. The van der Waals surface area contributed by atoms with E-state index in [0.717, 1.165) is 23.6 Å². The van der Waals surface area contributed by atoms with Crippen LogP contribution in [0.4, 0.5) is 5.69 Å². The summed E-state index contributed by atoms with van der Waals surface area (Å²) in [5, 5.41) is 3.59. The molecule has 0 aliphatic heterocycles. The Kier molecular flexibility index (Phi) is 3.51. The number of nitrogens with one attached hydrogen (secondary N) is 1. The molecule has 4 heteroatoms. The Morgan fingerprint density at radius 2 is 2.11 bits per heavy atom. The van der Waals surface area contributed by atoms with Crippen molar-refractivity contribution in [3.8, 4) is 11.3 Å². The van der Waals surface area contributed by atoms with Gasteiger partial charge in [-0.2, -0.15) is 0 Å². The van der Waals surface area contributed by atoms with Crippen molar-refractivity contribution in [3.63, 3.8) is 0 Å². The van der Waals surface area contributed by atoms with Gasteiger partial charge in [-0.25, -0.2) is 4.98 Å². The molecule has 0 spiro atoms. The van der Waals surface area contributed by atoms with Gasteiger partial charge in [0.15, 0.2) is 12.2 Å². The number of nitrogens with zero attached hydrogens (tertiary/aromatic N) is 1. The first-order chi connectivity index (χ1) is 9.36. The van der Waals surface area contributed by atoms with Gasteiger partial charge in [0.1, 0.15) is 0 Å². The van der Waals surface area contributed by atoms with Crippen LogP contribution < -0.4 is 11.1 Å². The minimum absolute atomic E-state index is 0.515. The first-order valence-corrected chi connectivity index (χ1v) is 6.82. The summed E-state index contributed by atoms with van der Waals surface area (Å²) in [5.41, 5.74) is 8.00. The number of nitrogens with two attached hydrogens (primary N) is 1. The molecule has 0 bridgehead atoms. The SMILES string of the molecule is NCC1CCCC1Nc1ccc(-c2cnco2)cc1.